The molecule has 0 aliphatic carbocycles. The lowest BCUT2D eigenvalue weighted by Gasteiger charge is -2.24. The molecule has 0 bridgehead atoms. The van der Waals surface area contributed by atoms with Gasteiger partial charge in [0, 0.05) is 19.6 Å². The minimum absolute atomic E-state index is 0.0830. The normalized spacial score (nSPS) is 18.6. The summed E-state index contributed by atoms with van der Waals surface area (Å²) in [6.07, 6.45) is 0.861. The molecule has 1 saturated heterocycles. The van der Waals surface area contributed by atoms with Crippen LogP contribution >= 0.6 is 0 Å². The molecular formula is C13H16F2N2O2. The van der Waals surface area contributed by atoms with E-state index in [0.29, 0.717) is 0 Å². The molecule has 1 aromatic carbocycles. The summed E-state index contributed by atoms with van der Waals surface area (Å²) in [6, 6.07) is 6.16. The third-order valence-corrected chi connectivity index (χ3v) is 3.24. The summed E-state index contributed by atoms with van der Waals surface area (Å²) in [7, 11) is 1.68. The second kappa shape index (κ2) is 5.97. The number of amides is 1. The van der Waals surface area contributed by atoms with Gasteiger partial charge in [-0.3, -0.25) is 4.79 Å². The molecule has 1 N–H and O–H groups in total. The molecule has 0 radical (unpaired) electrons. The van der Waals surface area contributed by atoms with E-state index in [1.54, 1.807) is 24.1 Å². The minimum Gasteiger partial charge on any atom is -0.434 e. The summed E-state index contributed by atoms with van der Waals surface area (Å²) in [6.45, 7) is -1.36. The van der Waals surface area contributed by atoms with E-state index in [2.05, 4.69) is 10.1 Å². The van der Waals surface area contributed by atoms with Crippen LogP contribution < -0.4 is 10.1 Å². The molecule has 2 rings (SSSR count). The maximum atomic E-state index is 12.3. The lowest BCUT2D eigenvalue weighted by atomic mass is 10.1. The fourth-order valence-electron chi connectivity index (χ4n) is 2.17. The Balaban J connectivity index is 2.17. The Bertz CT molecular complexity index is 448. The lowest BCUT2D eigenvalue weighted by Crippen LogP contribution is -2.38. The summed E-state index contributed by atoms with van der Waals surface area (Å²) in [5, 5.41) is 3.16. The Kier molecular flexibility index (Phi) is 4.31. The van der Waals surface area contributed by atoms with Gasteiger partial charge in [0.15, 0.2) is 0 Å². The molecular weight excluding hydrogens is 254 g/mol. The standard InChI is InChI=1S/C13H16F2N2O2/c1-17(9-6-7-16-8-9)12(18)10-4-2-3-5-11(10)19-13(14)15/h2-5,9,13,16H,6-8H2,1H3. The van der Waals surface area contributed by atoms with E-state index < -0.39 is 6.61 Å². The van der Waals surface area contributed by atoms with E-state index >= 15 is 0 Å². The lowest BCUT2D eigenvalue weighted by molar-refractivity contribution is -0.0502. The van der Waals surface area contributed by atoms with Crippen LogP contribution in [0.25, 0.3) is 0 Å². The van der Waals surface area contributed by atoms with Crippen molar-refractivity contribution in [3.63, 3.8) is 0 Å². The highest BCUT2D eigenvalue weighted by atomic mass is 19.3. The van der Waals surface area contributed by atoms with Gasteiger partial charge in [-0.1, -0.05) is 12.1 Å². The molecule has 6 heteroatoms. The quantitative estimate of drug-likeness (QED) is 0.905. The first kappa shape index (κ1) is 13.7. The second-order valence-corrected chi connectivity index (χ2v) is 4.44. The van der Waals surface area contributed by atoms with Crippen molar-refractivity contribution in [3.05, 3.63) is 29.8 Å². The summed E-state index contributed by atoms with van der Waals surface area (Å²) < 4.78 is 29.0. The predicted molar refractivity (Wildman–Crippen MR) is 66.4 cm³/mol. The zero-order valence-electron chi connectivity index (χ0n) is 10.6. The van der Waals surface area contributed by atoms with Gasteiger partial charge in [0.25, 0.3) is 5.91 Å². The number of hydrogen-bond donors (Lipinski definition) is 1. The SMILES string of the molecule is CN(C(=O)c1ccccc1OC(F)F)C1CCNC1. The van der Waals surface area contributed by atoms with E-state index in [0.717, 1.165) is 19.5 Å². The van der Waals surface area contributed by atoms with Crippen molar-refractivity contribution in [1.29, 1.82) is 0 Å². The Labute approximate surface area is 110 Å². The fourth-order valence-corrected chi connectivity index (χ4v) is 2.17. The number of carbonyl (C=O) groups excluding carboxylic acids is 1. The van der Waals surface area contributed by atoms with Gasteiger partial charge in [0.05, 0.1) is 5.56 Å². The van der Waals surface area contributed by atoms with Crippen LogP contribution in [0.5, 0.6) is 5.75 Å². The first-order valence-corrected chi connectivity index (χ1v) is 6.11. The molecule has 1 atom stereocenters. The van der Waals surface area contributed by atoms with Crippen molar-refractivity contribution in [1.82, 2.24) is 10.2 Å². The average molecular weight is 270 g/mol. The van der Waals surface area contributed by atoms with Gasteiger partial charge >= 0.3 is 6.61 Å². The molecule has 104 valence electrons. The van der Waals surface area contributed by atoms with Gasteiger partial charge in [-0.15, -0.1) is 0 Å². The summed E-state index contributed by atoms with van der Waals surface area (Å²) >= 11 is 0. The Hall–Kier alpha value is -1.69. The number of rotatable bonds is 4. The van der Waals surface area contributed by atoms with Crippen LogP contribution in [0.15, 0.2) is 24.3 Å². The van der Waals surface area contributed by atoms with E-state index in [-0.39, 0.29) is 23.3 Å². The molecule has 1 aliphatic heterocycles. The summed E-state index contributed by atoms with van der Waals surface area (Å²) in [4.78, 5) is 13.9. The average Bonchev–Trinajstić information content (AvgIpc) is 2.91. The molecule has 1 aliphatic rings. The largest absolute Gasteiger partial charge is 0.434 e. The number of halogens is 2. The van der Waals surface area contributed by atoms with Gasteiger partial charge < -0.3 is 15.0 Å². The Morgan fingerprint density at radius 2 is 2.21 bits per heavy atom. The van der Waals surface area contributed by atoms with Gasteiger partial charge in [0.1, 0.15) is 5.75 Å². The van der Waals surface area contributed by atoms with E-state index in [9.17, 15) is 13.6 Å². The number of nitrogens with zero attached hydrogens (tertiary/aromatic N) is 1. The number of likely N-dealkylation sites (N-methyl/N-ethyl adjacent to an activating group) is 1. The van der Waals surface area contributed by atoms with Crippen LogP contribution in [-0.2, 0) is 0 Å². The molecule has 1 aromatic rings. The molecule has 1 fully saturated rings. The highest BCUT2D eigenvalue weighted by Crippen LogP contribution is 2.23. The first-order chi connectivity index (χ1) is 9.09. The van der Waals surface area contributed by atoms with E-state index in [1.807, 2.05) is 0 Å². The number of nitrogens with one attached hydrogen (secondary N) is 1. The molecule has 1 amide bonds. The fraction of sp³-hybridized carbons (Fsp3) is 0.462. The Morgan fingerprint density at radius 1 is 1.47 bits per heavy atom. The van der Waals surface area contributed by atoms with Crippen LogP contribution in [-0.4, -0.2) is 43.6 Å². The smallest absolute Gasteiger partial charge is 0.387 e. The van der Waals surface area contributed by atoms with E-state index in [4.69, 9.17) is 0 Å². The van der Waals surface area contributed by atoms with Crippen LogP contribution in [0.2, 0.25) is 0 Å². The monoisotopic (exact) mass is 270 g/mol. The van der Waals surface area contributed by atoms with Crippen LogP contribution in [0.1, 0.15) is 16.8 Å². The van der Waals surface area contributed by atoms with Gasteiger partial charge in [0.2, 0.25) is 0 Å². The second-order valence-electron chi connectivity index (χ2n) is 4.44. The van der Waals surface area contributed by atoms with Crippen molar-refractivity contribution >= 4 is 5.91 Å². The number of carbonyl (C=O) groups is 1. The van der Waals surface area contributed by atoms with Gasteiger partial charge in [-0.05, 0) is 25.1 Å². The van der Waals surface area contributed by atoms with Crippen LogP contribution in [0.3, 0.4) is 0 Å². The zero-order valence-corrected chi connectivity index (χ0v) is 10.6. The molecule has 4 nitrogen and oxygen atoms in total. The molecule has 1 heterocycles. The van der Waals surface area contributed by atoms with Crippen molar-refractivity contribution in [3.8, 4) is 5.75 Å². The van der Waals surface area contributed by atoms with Gasteiger partial charge in [-0.25, -0.2) is 0 Å². The maximum absolute atomic E-state index is 12.3. The van der Waals surface area contributed by atoms with Crippen molar-refractivity contribution in [2.24, 2.45) is 0 Å². The highest BCUT2D eigenvalue weighted by Gasteiger charge is 2.26. The van der Waals surface area contributed by atoms with Crippen molar-refractivity contribution in [2.45, 2.75) is 19.1 Å². The third kappa shape index (κ3) is 3.20. The topological polar surface area (TPSA) is 41.6 Å². The number of para-hydroxylation sites is 1. The summed E-state index contributed by atoms with van der Waals surface area (Å²) in [5.74, 6) is -0.384. The molecule has 0 aromatic heterocycles. The zero-order chi connectivity index (χ0) is 13.8. The van der Waals surface area contributed by atoms with E-state index in [1.165, 1.54) is 12.1 Å². The predicted octanol–water partition coefficient (Wildman–Crippen LogP) is 1.72. The third-order valence-electron chi connectivity index (χ3n) is 3.24. The van der Waals surface area contributed by atoms with Crippen molar-refractivity contribution < 1.29 is 18.3 Å². The summed E-state index contributed by atoms with van der Waals surface area (Å²) in [5.41, 5.74) is 0.164. The molecule has 0 saturated carbocycles. The van der Waals surface area contributed by atoms with Crippen molar-refractivity contribution in [2.75, 3.05) is 20.1 Å². The number of alkyl halides is 2. The van der Waals surface area contributed by atoms with Crippen LogP contribution in [0.4, 0.5) is 8.78 Å². The molecule has 19 heavy (non-hydrogen) atoms. The van der Waals surface area contributed by atoms with Crippen LogP contribution in [0, 0.1) is 0 Å². The molecule has 0 spiro atoms. The minimum atomic E-state index is -2.94. The number of benzene rings is 1. The number of ether oxygens (including phenoxy) is 1. The maximum Gasteiger partial charge on any atom is 0.387 e. The molecule has 1 unspecified atom stereocenters. The van der Waals surface area contributed by atoms with Gasteiger partial charge in [-0.2, -0.15) is 8.78 Å². The highest BCUT2D eigenvalue weighted by molar-refractivity contribution is 5.97. The Morgan fingerprint density at radius 3 is 2.84 bits per heavy atom. The number of hydrogen-bond acceptors (Lipinski definition) is 3. The first-order valence-electron chi connectivity index (χ1n) is 6.11.